The number of primary amides is 1. The molecule has 1 aromatic rings. The third-order valence-corrected chi connectivity index (χ3v) is 4.29. The lowest BCUT2D eigenvalue weighted by atomic mass is 9.93. The van der Waals surface area contributed by atoms with Crippen molar-refractivity contribution in [3.8, 4) is 0 Å². The van der Waals surface area contributed by atoms with Gasteiger partial charge in [-0.1, -0.05) is 0 Å². The molecule has 0 bridgehead atoms. The second-order valence-electron chi connectivity index (χ2n) is 5.06. The van der Waals surface area contributed by atoms with Crippen molar-refractivity contribution in [3.05, 3.63) is 28.2 Å². The summed E-state index contributed by atoms with van der Waals surface area (Å²) >= 11 is 3.46. The summed E-state index contributed by atoms with van der Waals surface area (Å²) < 4.78 is 0.838. The molecule has 0 radical (unpaired) electrons. The highest BCUT2D eigenvalue weighted by atomic mass is 79.9. The average Bonchev–Trinajstić information content (AvgIpc) is 2.39. The molecule has 6 heteroatoms. The Bertz CT molecular complexity index is 525. The lowest BCUT2D eigenvalue weighted by Crippen LogP contribution is -2.34. The van der Waals surface area contributed by atoms with Gasteiger partial charge < -0.3 is 15.7 Å². The SMILES string of the molecule is NC(=O)c1ccc(N2CCC(CC(=O)O)CC2)c(Br)c1. The van der Waals surface area contributed by atoms with E-state index in [-0.39, 0.29) is 12.3 Å². The molecule has 0 aliphatic carbocycles. The predicted octanol–water partition coefficient (Wildman–Crippen LogP) is 2.24. The van der Waals surface area contributed by atoms with Gasteiger partial charge in [0, 0.05) is 29.5 Å². The van der Waals surface area contributed by atoms with Crippen LogP contribution < -0.4 is 10.6 Å². The van der Waals surface area contributed by atoms with Crippen molar-refractivity contribution in [1.29, 1.82) is 0 Å². The molecule has 0 unspecified atom stereocenters. The smallest absolute Gasteiger partial charge is 0.303 e. The van der Waals surface area contributed by atoms with Gasteiger partial charge in [0.15, 0.2) is 0 Å². The zero-order valence-electron chi connectivity index (χ0n) is 11.0. The summed E-state index contributed by atoms with van der Waals surface area (Å²) in [5.74, 6) is -0.916. The normalized spacial score (nSPS) is 16.1. The molecule has 0 aromatic heterocycles. The van der Waals surface area contributed by atoms with Crippen LogP contribution in [0.1, 0.15) is 29.6 Å². The quantitative estimate of drug-likeness (QED) is 0.880. The molecule has 1 aliphatic heterocycles. The van der Waals surface area contributed by atoms with Gasteiger partial charge in [-0.15, -0.1) is 0 Å². The minimum atomic E-state index is -0.726. The summed E-state index contributed by atoms with van der Waals surface area (Å²) in [7, 11) is 0. The molecule has 2 rings (SSSR count). The molecule has 108 valence electrons. The third kappa shape index (κ3) is 3.50. The molecule has 0 atom stereocenters. The maximum absolute atomic E-state index is 11.1. The van der Waals surface area contributed by atoms with Crippen molar-refractivity contribution in [1.82, 2.24) is 0 Å². The summed E-state index contributed by atoms with van der Waals surface area (Å²) in [6.07, 6.45) is 1.99. The van der Waals surface area contributed by atoms with Crippen LogP contribution in [0.3, 0.4) is 0 Å². The summed E-state index contributed by atoms with van der Waals surface area (Å²) in [6.45, 7) is 1.65. The van der Waals surface area contributed by atoms with E-state index in [0.29, 0.717) is 5.56 Å². The molecule has 1 saturated heterocycles. The largest absolute Gasteiger partial charge is 0.481 e. The van der Waals surface area contributed by atoms with Gasteiger partial charge in [0.05, 0.1) is 5.69 Å². The van der Waals surface area contributed by atoms with Crippen LogP contribution in [0.15, 0.2) is 22.7 Å². The van der Waals surface area contributed by atoms with E-state index >= 15 is 0 Å². The number of halogens is 1. The monoisotopic (exact) mass is 340 g/mol. The molecule has 0 spiro atoms. The molecular weight excluding hydrogens is 324 g/mol. The van der Waals surface area contributed by atoms with Crippen LogP contribution in [0.25, 0.3) is 0 Å². The molecule has 1 amide bonds. The minimum Gasteiger partial charge on any atom is -0.481 e. The number of hydrogen-bond acceptors (Lipinski definition) is 3. The van der Waals surface area contributed by atoms with Crippen LogP contribution in [0.5, 0.6) is 0 Å². The number of nitrogens with zero attached hydrogens (tertiary/aromatic N) is 1. The fourth-order valence-electron chi connectivity index (χ4n) is 2.54. The topological polar surface area (TPSA) is 83.6 Å². The van der Waals surface area contributed by atoms with Gasteiger partial charge in [0.25, 0.3) is 0 Å². The van der Waals surface area contributed by atoms with Crippen LogP contribution in [0.2, 0.25) is 0 Å². The first kappa shape index (κ1) is 14.8. The van der Waals surface area contributed by atoms with E-state index in [0.717, 1.165) is 36.1 Å². The Morgan fingerprint density at radius 1 is 1.35 bits per heavy atom. The highest BCUT2D eigenvalue weighted by Gasteiger charge is 2.22. The molecular formula is C14H17BrN2O3. The molecule has 0 saturated carbocycles. The Morgan fingerprint density at radius 3 is 2.50 bits per heavy atom. The van der Waals surface area contributed by atoms with Gasteiger partial charge in [0.1, 0.15) is 0 Å². The van der Waals surface area contributed by atoms with Crippen LogP contribution in [0.4, 0.5) is 5.69 Å². The molecule has 1 aliphatic rings. The predicted molar refractivity (Wildman–Crippen MR) is 79.8 cm³/mol. The van der Waals surface area contributed by atoms with E-state index in [2.05, 4.69) is 20.8 Å². The Morgan fingerprint density at radius 2 is 2.00 bits per heavy atom. The van der Waals surface area contributed by atoms with E-state index in [1.165, 1.54) is 0 Å². The Labute approximate surface area is 125 Å². The number of carboxylic acid groups (broad SMARTS) is 1. The number of carbonyl (C=O) groups excluding carboxylic acids is 1. The summed E-state index contributed by atoms with van der Waals surface area (Å²) in [6, 6.07) is 5.31. The second-order valence-corrected chi connectivity index (χ2v) is 5.91. The average molecular weight is 341 g/mol. The fraction of sp³-hybridized carbons (Fsp3) is 0.429. The summed E-state index contributed by atoms with van der Waals surface area (Å²) in [5, 5.41) is 8.81. The van der Waals surface area contributed by atoms with Crippen molar-refractivity contribution in [3.63, 3.8) is 0 Å². The summed E-state index contributed by atoms with van der Waals surface area (Å²) in [5.41, 5.74) is 6.74. The highest BCUT2D eigenvalue weighted by molar-refractivity contribution is 9.10. The first-order valence-corrected chi connectivity index (χ1v) is 7.32. The zero-order valence-corrected chi connectivity index (χ0v) is 12.6. The number of carbonyl (C=O) groups is 2. The number of hydrogen-bond donors (Lipinski definition) is 2. The Hall–Kier alpha value is -1.56. The van der Waals surface area contributed by atoms with Crippen LogP contribution in [-0.4, -0.2) is 30.1 Å². The third-order valence-electron chi connectivity index (χ3n) is 3.65. The number of anilines is 1. The van der Waals surface area contributed by atoms with E-state index in [9.17, 15) is 9.59 Å². The number of nitrogens with two attached hydrogens (primary N) is 1. The Kier molecular flexibility index (Phi) is 4.65. The fourth-order valence-corrected chi connectivity index (χ4v) is 3.17. The van der Waals surface area contributed by atoms with E-state index in [4.69, 9.17) is 10.8 Å². The molecule has 20 heavy (non-hydrogen) atoms. The van der Waals surface area contributed by atoms with Crippen LogP contribution >= 0.6 is 15.9 Å². The number of aliphatic carboxylic acids is 1. The molecule has 5 nitrogen and oxygen atoms in total. The van der Waals surface area contributed by atoms with Gasteiger partial charge in [-0.3, -0.25) is 9.59 Å². The minimum absolute atomic E-state index is 0.246. The van der Waals surface area contributed by atoms with Crippen molar-refractivity contribution >= 4 is 33.5 Å². The lowest BCUT2D eigenvalue weighted by molar-refractivity contribution is -0.138. The molecule has 1 aromatic carbocycles. The van der Waals surface area contributed by atoms with Crippen molar-refractivity contribution in [2.24, 2.45) is 11.7 Å². The standard InChI is InChI=1S/C14H17BrN2O3/c15-11-8-10(14(16)20)1-2-12(11)17-5-3-9(4-6-17)7-13(18)19/h1-2,8-9H,3-7H2,(H2,16,20)(H,18,19). The van der Waals surface area contributed by atoms with Gasteiger partial charge in [0.2, 0.25) is 5.91 Å². The van der Waals surface area contributed by atoms with Crippen LogP contribution in [0, 0.1) is 5.92 Å². The molecule has 1 heterocycles. The number of amides is 1. The first-order chi connectivity index (χ1) is 9.47. The zero-order chi connectivity index (χ0) is 14.7. The lowest BCUT2D eigenvalue weighted by Gasteiger charge is -2.33. The maximum Gasteiger partial charge on any atom is 0.303 e. The van der Waals surface area contributed by atoms with Gasteiger partial charge in [-0.2, -0.15) is 0 Å². The number of benzene rings is 1. The van der Waals surface area contributed by atoms with Crippen molar-refractivity contribution in [2.45, 2.75) is 19.3 Å². The molecule has 3 N–H and O–H groups in total. The van der Waals surface area contributed by atoms with Gasteiger partial charge in [-0.05, 0) is 52.9 Å². The number of piperidine rings is 1. The van der Waals surface area contributed by atoms with E-state index < -0.39 is 11.9 Å². The molecule has 1 fully saturated rings. The highest BCUT2D eigenvalue weighted by Crippen LogP contribution is 2.31. The maximum atomic E-state index is 11.1. The van der Waals surface area contributed by atoms with Crippen molar-refractivity contribution < 1.29 is 14.7 Å². The number of rotatable bonds is 4. The van der Waals surface area contributed by atoms with E-state index in [1.54, 1.807) is 12.1 Å². The van der Waals surface area contributed by atoms with Crippen molar-refractivity contribution in [2.75, 3.05) is 18.0 Å². The van der Waals surface area contributed by atoms with Crippen LogP contribution in [-0.2, 0) is 4.79 Å². The first-order valence-electron chi connectivity index (χ1n) is 6.53. The van der Waals surface area contributed by atoms with Gasteiger partial charge in [-0.25, -0.2) is 0 Å². The Balaban J connectivity index is 2.03. The summed E-state index contributed by atoms with van der Waals surface area (Å²) in [4.78, 5) is 24.0. The van der Waals surface area contributed by atoms with E-state index in [1.807, 2.05) is 6.07 Å². The second kappa shape index (κ2) is 6.26. The number of carboxylic acids is 1. The van der Waals surface area contributed by atoms with Gasteiger partial charge >= 0.3 is 5.97 Å².